The molecular weight excluding hydrogens is 262 g/mol. The van der Waals surface area contributed by atoms with Crippen LogP contribution in [-0.2, 0) is 4.74 Å². The van der Waals surface area contributed by atoms with Crippen molar-refractivity contribution in [3.63, 3.8) is 0 Å². The Morgan fingerprint density at radius 3 is 2.81 bits per heavy atom. The SMILES string of the molecule is CCCCCC(C)NC(=NC)NC1C2CCOC2C1(C)C. The second kappa shape index (κ2) is 6.99. The molecular formula is C17H33N3O. The lowest BCUT2D eigenvalue weighted by atomic mass is 9.57. The highest BCUT2D eigenvalue weighted by Crippen LogP contribution is 2.52. The molecule has 2 rings (SSSR count). The van der Waals surface area contributed by atoms with Crippen LogP contribution in [0.1, 0.15) is 59.8 Å². The van der Waals surface area contributed by atoms with Crippen LogP contribution in [0.5, 0.6) is 0 Å². The summed E-state index contributed by atoms with van der Waals surface area (Å²) in [7, 11) is 1.86. The van der Waals surface area contributed by atoms with E-state index in [0.29, 0.717) is 24.1 Å². The van der Waals surface area contributed by atoms with E-state index in [1.54, 1.807) is 0 Å². The smallest absolute Gasteiger partial charge is 0.191 e. The van der Waals surface area contributed by atoms with Crippen molar-refractivity contribution in [3.8, 4) is 0 Å². The Morgan fingerprint density at radius 2 is 2.14 bits per heavy atom. The second-order valence-electron chi connectivity index (χ2n) is 7.30. The zero-order chi connectivity index (χ0) is 15.5. The van der Waals surface area contributed by atoms with Crippen LogP contribution in [0.25, 0.3) is 0 Å². The highest BCUT2D eigenvalue weighted by atomic mass is 16.5. The van der Waals surface area contributed by atoms with E-state index in [0.717, 1.165) is 12.6 Å². The van der Waals surface area contributed by atoms with Gasteiger partial charge in [0, 0.05) is 37.1 Å². The molecule has 0 aromatic rings. The first-order valence-electron chi connectivity index (χ1n) is 8.62. The molecule has 1 heterocycles. The minimum atomic E-state index is 0.199. The van der Waals surface area contributed by atoms with Gasteiger partial charge in [-0.1, -0.05) is 40.0 Å². The van der Waals surface area contributed by atoms with E-state index in [2.05, 4.69) is 43.3 Å². The number of aliphatic imine (C=N–C) groups is 1. The summed E-state index contributed by atoms with van der Waals surface area (Å²) >= 11 is 0. The van der Waals surface area contributed by atoms with E-state index in [-0.39, 0.29) is 5.41 Å². The zero-order valence-corrected chi connectivity index (χ0v) is 14.4. The molecule has 4 nitrogen and oxygen atoms in total. The monoisotopic (exact) mass is 295 g/mol. The first-order valence-corrected chi connectivity index (χ1v) is 8.62. The lowest BCUT2D eigenvalue weighted by Gasteiger charge is -2.55. The van der Waals surface area contributed by atoms with Gasteiger partial charge in [0.2, 0.25) is 0 Å². The maximum absolute atomic E-state index is 5.86. The summed E-state index contributed by atoms with van der Waals surface area (Å²) in [6, 6.07) is 0.945. The van der Waals surface area contributed by atoms with E-state index in [4.69, 9.17) is 4.74 Å². The van der Waals surface area contributed by atoms with E-state index < -0.39 is 0 Å². The molecule has 2 fully saturated rings. The number of ether oxygens (including phenoxy) is 1. The van der Waals surface area contributed by atoms with Gasteiger partial charge in [-0.3, -0.25) is 4.99 Å². The molecule has 4 heteroatoms. The summed E-state index contributed by atoms with van der Waals surface area (Å²) in [6.45, 7) is 10.0. The Balaban J connectivity index is 1.83. The highest BCUT2D eigenvalue weighted by Gasteiger charge is 2.59. The number of nitrogens with one attached hydrogen (secondary N) is 2. The van der Waals surface area contributed by atoms with Gasteiger partial charge < -0.3 is 15.4 Å². The molecule has 0 aromatic carbocycles. The molecule has 0 amide bonds. The van der Waals surface area contributed by atoms with Crippen LogP contribution in [0.15, 0.2) is 4.99 Å². The van der Waals surface area contributed by atoms with Crippen LogP contribution in [0, 0.1) is 11.3 Å². The molecule has 2 N–H and O–H groups in total. The molecule has 122 valence electrons. The van der Waals surface area contributed by atoms with Gasteiger partial charge in [0.05, 0.1) is 6.10 Å². The lowest BCUT2D eigenvalue weighted by Crippen LogP contribution is -2.68. The van der Waals surface area contributed by atoms with E-state index in [1.165, 1.54) is 32.1 Å². The van der Waals surface area contributed by atoms with E-state index >= 15 is 0 Å². The molecule has 0 radical (unpaired) electrons. The fraction of sp³-hybridized carbons (Fsp3) is 0.941. The fourth-order valence-electron chi connectivity index (χ4n) is 3.94. The summed E-state index contributed by atoms with van der Waals surface area (Å²) in [5.41, 5.74) is 0.199. The second-order valence-corrected chi connectivity index (χ2v) is 7.30. The number of hydrogen-bond donors (Lipinski definition) is 2. The molecule has 4 unspecified atom stereocenters. The van der Waals surface area contributed by atoms with Gasteiger partial charge in [-0.05, 0) is 19.8 Å². The predicted molar refractivity (Wildman–Crippen MR) is 88.7 cm³/mol. The zero-order valence-electron chi connectivity index (χ0n) is 14.4. The third-order valence-corrected chi connectivity index (χ3v) is 5.24. The Bertz CT molecular complexity index is 367. The van der Waals surface area contributed by atoms with Gasteiger partial charge in [-0.25, -0.2) is 0 Å². The van der Waals surface area contributed by atoms with Crippen LogP contribution in [0.2, 0.25) is 0 Å². The molecule has 0 bridgehead atoms. The first kappa shape index (κ1) is 16.6. The van der Waals surface area contributed by atoms with Gasteiger partial charge in [0.15, 0.2) is 5.96 Å². The molecule has 4 atom stereocenters. The normalized spacial score (nSPS) is 32.2. The molecule has 0 aromatic heterocycles. The topological polar surface area (TPSA) is 45.7 Å². The largest absolute Gasteiger partial charge is 0.377 e. The third-order valence-electron chi connectivity index (χ3n) is 5.24. The van der Waals surface area contributed by atoms with E-state index in [1.807, 2.05) is 7.05 Å². The van der Waals surface area contributed by atoms with Crippen molar-refractivity contribution in [3.05, 3.63) is 0 Å². The van der Waals surface area contributed by atoms with Crippen molar-refractivity contribution in [2.24, 2.45) is 16.3 Å². The van der Waals surface area contributed by atoms with Crippen molar-refractivity contribution >= 4 is 5.96 Å². The van der Waals surface area contributed by atoms with Crippen LogP contribution in [0.3, 0.4) is 0 Å². The molecule has 1 aliphatic heterocycles. The number of rotatable bonds is 6. The first-order chi connectivity index (χ1) is 10.0. The molecule has 1 saturated carbocycles. The molecule has 1 aliphatic carbocycles. The summed E-state index contributed by atoms with van der Waals surface area (Å²) < 4.78 is 5.86. The number of hydrogen-bond acceptors (Lipinski definition) is 2. The summed E-state index contributed by atoms with van der Waals surface area (Å²) in [6.07, 6.45) is 6.69. The number of nitrogens with zero attached hydrogens (tertiary/aromatic N) is 1. The third kappa shape index (κ3) is 3.53. The Labute approximate surface area is 130 Å². The maximum atomic E-state index is 5.86. The van der Waals surface area contributed by atoms with Gasteiger partial charge in [0.1, 0.15) is 0 Å². The van der Waals surface area contributed by atoms with Crippen molar-refractivity contribution in [2.45, 2.75) is 78.0 Å². The molecule has 0 spiro atoms. The Hall–Kier alpha value is -0.770. The van der Waals surface area contributed by atoms with E-state index in [9.17, 15) is 0 Å². The van der Waals surface area contributed by atoms with Gasteiger partial charge in [-0.2, -0.15) is 0 Å². The van der Waals surface area contributed by atoms with Gasteiger partial charge in [0.25, 0.3) is 0 Å². The number of fused-ring (bicyclic) bond motifs is 1. The number of unbranched alkanes of at least 4 members (excludes halogenated alkanes) is 2. The summed E-state index contributed by atoms with van der Waals surface area (Å²) in [5, 5.41) is 7.19. The Kier molecular flexibility index (Phi) is 5.53. The van der Waals surface area contributed by atoms with Gasteiger partial charge >= 0.3 is 0 Å². The average Bonchev–Trinajstić information content (AvgIpc) is 2.90. The quantitative estimate of drug-likeness (QED) is 0.450. The van der Waals surface area contributed by atoms with Crippen LogP contribution in [-0.4, -0.2) is 37.8 Å². The van der Waals surface area contributed by atoms with Crippen molar-refractivity contribution in [2.75, 3.05) is 13.7 Å². The highest BCUT2D eigenvalue weighted by molar-refractivity contribution is 5.80. The van der Waals surface area contributed by atoms with Crippen molar-refractivity contribution in [1.29, 1.82) is 0 Å². The standard InChI is InChI=1S/C17H33N3O/c1-6-7-8-9-12(2)19-16(18-5)20-14-13-10-11-21-15(13)17(14,3)4/h12-15H,6-11H2,1-5H3,(H2,18,19,20). The predicted octanol–water partition coefficient (Wildman–Crippen LogP) is 2.93. The molecule has 1 saturated heterocycles. The van der Waals surface area contributed by atoms with Gasteiger partial charge in [-0.15, -0.1) is 0 Å². The number of guanidine groups is 1. The minimum Gasteiger partial charge on any atom is -0.377 e. The van der Waals surface area contributed by atoms with Crippen molar-refractivity contribution in [1.82, 2.24) is 10.6 Å². The summed E-state index contributed by atoms with van der Waals surface area (Å²) in [4.78, 5) is 4.41. The van der Waals surface area contributed by atoms with Crippen LogP contribution >= 0.6 is 0 Å². The Morgan fingerprint density at radius 1 is 1.38 bits per heavy atom. The molecule has 2 aliphatic rings. The minimum absolute atomic E-state index is 0.199. The summed E-state index contributed by atoms with van der Waals surface area (Å²) in [5.74, 6) is 1.59. The fourth-order valence-corrected chi connectivity index (χ4v) is 3.94. The average molecular weight is 295 g/mol. The van der Waals surface area contributed by atoms with Crippen molar-refractivity contribution < 1.29 is 4.74 Å². The maximum Gasteiger partial charge on any atom is 0.191 e. The lowest BCUT2D eigenvalue weighted by molar-refractivity contribution is -0.106. The molecule has 21 heavy (non-hydrogen) atoms. The van der Waals surface area contributed by atoms with Crippen LogP contribution in [0.4, 0.5) is 0 Å². The van der Waals surface area contributed by atoms with Crippen LogP contribution < -0.4 is 10.6 Å².